The van der Waals surface area contributed by atoms with Crippen LogP contribution in [0.2, 0.25) is 0 Å². The van der Waals surface area contributed by atoms with Gasteiger partial charge in [-0.1, -0.05) is 13.8 Å². The fourth-order valence-electron chi connectivity index (χ4n) is 2.00. The first-order valence-electron chi connectivity index (χ1n) is 6.31. The highest BCUT2D eigenvalue weighted by Crippen LogP contribution is 2.14. The Morgan fingerprint density at radius 1 is 1.33 bits per heavy atom. The molecule has 2 aromatic heterocycles. The highest BCUT2D eigenvalue weighted by Gasteiger charge is 2.07. The molecule has 0 fully saturated rings. The third-order valence-corrected chi connectivity index (χ3v) is 2.90. The Morgan fingerprint density at radius 2 is 2.11 bits per heavy atom. The molecule has 0 amide bonds. The van der Waals surface area contributed by atoms with Crippen LogP contribution in [0.25, 0.3) is 0 Å². The molecule has 0 aliphatic rings. The van der Waals surface area contributed by atoms with Gasteiger partial charge in [0.1, 0.15) is 5.82 Å². The summed E-state index contributed by atoms with van der Waals surface area (Å²) in [4.78, 5) is 0. The van der Waals surface area contributed by atoms with Gasteiger partial charge < -0.3 is 5.32 Å². The van der Waals surface area contributed by atoms with Crippen molar-refractivity contribution in [2.24, 2.45) is 13.0 Å². The second kappa shape index (κ2) is 5.25. The molecule has 0 saturated heterocycles. The number of anilines is 1. The SMILES string of the molecule is Cc1cnn(C)c1NCc1ccnn1CC(C)C. The normalized spacial score (nSPS) is 11.2. The van der Waals surface area contributed by atoms with Gasteiger partial charge in [0.25, 0.3) is 0 Å². The third-order valence-electron chi connectivity index (χ3n) is 2.90. The molecule has 0 radical (unpaired) electrons. The fraction of sp³-hybridized carbons (Fsp3) is 0.538. The number of aryl methyl sites for hydroxylation is 2. The van der Waals surface area contributed by atoms with Gasteiger partial charge in [-0.05, 0) is 18.9 Å². The van der Waals surface area contributed by atoms with E-state index in [1.54, 1.807) is 0 Å². The summed E-state index contributed by atoms with van der Waals surface area (Å²) in [5.74, 6) is 1.66. The van der Waals surface area contributed by atoms with Gasteiger partial charge in [-0.2, -0.15) is 10.2 Å². The standard InChI is InChI=1S/C13H21N5/c1-10(2)9-18-12(5-6-15-18)8-14-13-11(3)7-16-17(13)4/h5-7,10,14H,8-9H2,1-4H3. The topological polar surface area (TPSA) is 47.7 Å². The largest absolute Gasteiger partial charge is 0.364 e. The Labute approximate surface area is 108 Å². The van der Waals surface area contributed by atoms with Gasteiger partial charge in [-0.25, -0.2) is 0 Å². The molecule has 0 aliphatic heterocycles. The lowest BCUT2D eigenvalue weighted by Gasteiger charge is -2.12. The van der Waals surface area contributed by atoms with Gasteiger partial charge in [0, 0.05) is 25.4 Å². The van der Waals surface area contributed by atoms with Crippen molar-refractivity contribution in [2.75, 3.05) is 5.32 Å². The molecule has 5 heteroatoms. The van der Waals surface area contributed by atoms with Crippen LogP contribution < -0.4 is 5.32 Å². The van der Waals surface area contributed by atoms with Crippen molar-refractivity contribution >= 4 is 5.82 Å². The zero-order valence-corrected chi connectivity index (χ0v) is 11.5. The number of nitrogens with one attached hydrogen (secondary N) is 1. The molecule has 2 heterocycles. The molecule has 0 aliphatic carbocycles. The van der Waals surface area contributed by atoms with Gasteiger partial charge in [-0.3, -0.25) is 9.36 Å². The predicted molar refractivity (Wildman–Crippen MR) is 72.3 cm³/mol. The number of nitrogens with zero attached hydrogens (tertiary/aromatic N) is 4. The van der Waals surface area contributed by atoms with Crippen LogP contribution in [-0.4, -0.2) is 19.6 Å². The monoisotopic (exact) mass is 247 g/mol. The minimum atomic E-state index is 0.599. The van der Waals surface area contributed by atoms with Crippen molar-refractivity contribution in [2.45, 2.75) is 33.9 Å². The van der Waals surface area contributed by atoms with Gasteiger partial charge in [0.05, 0.1) is 18.4 Å². The molecule has 2 rings (SSSR count). The zero-order chi connectivity index (χ0) is 13.1. The van der Waals surface area contributed by atoms with Crippen LogP contribution in [0.3, 0.4) is 0 Å². The summed E-state index contributed by atoms with van der Waals surface area (Å²) in [6.07, 6.45) is 3.73. The Kier molecular flexibility index (Phi) is 3.69. The van der Waals surface area contributed by atoms with E-state index in [-0.39, 0.29) is 0 Å². The lowest BCUT2D eigenvalue weighted by Crippen LogP contribution is -2.13. The van der Waals surface area contributed by atoms with E-state index in [4.69, 9.17) is 0 Å². The Balaban J connectivity index is 2.04. The quantitative estimate of drug-likeness (QED) is 0.881. The minimum absolute atomic E-state index is 0.599. The van der Waals surface area contributed by atoms with Crippen LogP contribution in [-0.2, 0) is 20.1 Å². The molecule has 18 heavy (non-hydrogen) atoms. The summed E-state index contributed by atoms with van der Waals surface area (Å²) in [6.45, 7) is 8.18. The van der Waals surface area contributed by atoms with E-state index >= 15 is 0 Å². The van der Waals surface area contributed by atoms with E-state index < -0.39 is 0 Å². The number of aromatic nitrogens is 4. The molecule has 0 bridgehead atoms. The van der Waals surface area contributed by atoms with Crippen molar-refractivity contribution < 1.29 is 0 Å². The average molecular weight is 247 g/mol. The Hall–Kier alpha value is -1.78. The molecule has 0 unspecified atom stereocenters. The molecule has 0 spiro atoms. The lowest BCUT2D eigenvalue weighted by atomic mass is 10.2. The lowest BCUT2D eigenvalue weighted by molar-refractivity contribution is 0.470. The van der Waals surface area contributed by atoms with E-state index in [0.717, 1.165) is 24.5 Å². The highest BCUT2D eigenvalue weighted by molar-refractivity contribution is 5.42. The third kappa shape index (κ3) is 2.72. The zero-order valence-electron chi connectivity index (χ0n) is 11.5. The number of hydrogen-bond donors (Lipinski definition) is 1. The maximum atomic E-state index is 4.36. The Morgan fingerprint density at radius 3 is 2.72 bits per heavy atom. The number of hydrogen-bond acceptors (Lipinski definition) is 3. The molecule has 0 atom stereocenters. The summed E-state index contributed by atoms with van der Waals surface area (Å²) >= 11 is 0. The van der Waals surface area contributed by atoms with Crippen LogP contribution >= 0.6 is 0 Å². The van der Waals surface area contributed by atoms with Crippen LogP contribution in [0.15, 0.2) is 18.5 Å². The minimum Gasteiger partial charge on any atom is -0.364 e. The van der Waals surface area contributed by atoms with Crippen molar-refractivity contribution in [3.8, 4) is 0 Å². The molecule has 5 nitrogen and oxygen atoms in total. The first kappa shape index (κ1) is 12.7. The first-order chi connectivity index (χ1) is 8.58. The van der Waals surface area contributed by atoms with Crippen molar-refractivity contribution in [3.63, 3.8) is 0 Å². The molecular formula is C13H21N5. The maximum Gasteiger partial charge on any atom is 0.127 e. The van der Waals surface area contributed by atoms with Crippen LogP contribution in [0.1, 0.15) is 25.1 Å². The fourth-order valence-corrected chi connectivity index (χ4v) is 2.00. The summed E-state index contributed by atoms with van der Waals surface area (Å²) in [5, 5.41) is 12.0. The van der Waals surface area contributed by atoms with Crippen molar-refractivity contribution in [1.29, 1.82) is 0 Å². The van der Waals surface area contributed by atoms with E-state index in [1.165, 1.54) is 5.69 Å². The molecule has 0 aromatic carbocycles. The highest BCUT2D eigenvalue weighted by atomic mass is 15.3. The van der Waals surface area contributed by atoms with Crippen LogP contribution in [0.4, 0.5) is 5.82 Å². The predicted octanol–water partition coefficient (Wildman–Crippen LogP) is 2.19. The van der Waals surface area contributed by atoms with Crippen LogP contribution in [0, 0.1) is 12.8 Å². The maximum absolute atomic E-state index is 4.36. The molecule has 2 aromatic rings. The Bertz CT molecular complexity index is 490. The van der Waals surface area contributed by atoms with Gasteiger partial charge in [0.15, 0.2) is 0 Å². The van der Waals surface area contributed by atoms with Crippen molar-refractivity contribution in [3.05, 3.63) is 29.7 Å². The summed E-state index contributed by atoms with van der Waals surface area (Å²) < 4.78 is 3.92. The summed E-state index contributed by atoms with van der Waals surface area (Å²) in [6, 6.07) is 2.06. The second-order valence-electron chi connectivity index (χ2n) is 5.05. The second-order valence-corrected chi connectivity index (χ2v) is 5.05. The summed E-state index contributed by atoms with van der Waals surface area (Å²) in [7, 11) is 1.95. The average Bonchev–Trinajstić information content (AvgIpc) is 2.85. The van der Waals surface area contributed by atoms with Gasteiger partial charge in [0.2, 0.25) is 0 Å². The van der Waals surface area contributed by atoms with E-state index in [1.807, 2.05) is 24.1 Å². The van der Waals surface area contributed by atoms with Crippen LogP contribution in [0.5, 0.6) is 0 Å². The number of rotatable bonds is 5. The van der Waals surface area contributed by atoms with E-state index in [0.29, 0.717) is 5.92 Å². The molecule has 1 N–H and O–H groups in total. The molecule has 98 valence electrons. The van der Waals surface area contributed by atoms with E-state index in [2.05, 4.69) is 47.0 Å². The first-order valence-corrected chi connectivity index (χ1v) is 6.31. The molecular weight excluding hydrogens is 226 g/mol. The van der Waals surface area contributed by atoms with Gasteiger partial charge >= 0.3 is 0 Å². The van der Waals surface area contributed by atoms with Crippen molar-refractivity contribution in [1.82, 2.24) is 19.6 Å². The molecule has 0 saturated carbocycles. The summed E-state index contributed by atoms with van der Waals surface area (Å²) in [5.41, 5.74) is 2.36. The van der Waals surface area contributed by atoms with Gasteiger partial charge in [-0.15, -0.1) is 0 Å². The van der Waals surface area contributed by atoms with E-state index in [9.17, 15) is 0 Å². The smallest absolute Gasteiger partial charge is 0.127 e.